The number of hydrogen-bond acceptors (Lipinski definition) is 5. The number of aromatic hydroxyl groups is 1. The van der Waals surface area contributed by atoms with Crippen LogP contribution >= 0.6 is 0 Å². The van der Waals surface area contributed by atoms with Gasteiger partial charge in [-0.15, -0.1) is 0 Å². The molecule has 0 unspecified atom stereocenters. The second kappa shape index (κ2) is 3.99. The third-order valence-corrected chi connectivity index (χ3v) is 2.58. The lowest BCUT2D eigenvalue weighted by atomic mass is 10.1. The smallest absolute Gasteiger partial charge is 0.258 e. The zero-order valence-corrected chi connectivity index (χ0v) is 9.58. The molecule has 90 valence electrons. The lowest BCUT2D eigenvalue weighted by Crippen LogP contribution is -1.85. The predicted molar refractivity (Wildman–Crippen MR) is 63.7 cm³/mol. The van der Waals surface area contributed by atoms with Gasteiger partial charge in [-0.1, -0.05) is 5.16 Å². The summed E-state index contributed by atoms with van der Waals surface area (Å²) in [6.45, 7) is 1.87. The third kappa shape index (κ3) is 1.73. The molecule has 0 fully saturated rings. The summed E-state index contributed by atoms with van der Waals surface area (Å²) in [5.74, 6) is 1.57. The van der Waals surface area contributed by atoms with Gasteiger partial charge in [0.15, 0.2) is 5.82 Å². The quantitative estimate of drug-likeness (QED) is 0.718. The third-order valence-electron chi connectivity index (χ3n) is 2.58. The zero-order chi connectivity index (χ0) is 12.5. The van der Waals surface area contributed by atoms with Crippen molar-refractivity contribution >= 4 is 0 Å². The van der Waals surface area contributed by atoms with Crippen LogP contribution in [0, 0.1) is 6.92 Å². The fourth-order valence-corrected chi connectivity index (χ4v) is 1.70. The van der Waals surface area contributed by atoms with E-state index in [0.29, 0.717) is 17.5 Å². The molecule has 1 aromatic carbocycles. The predicted octanol–water partition coefficient (Wildman–Crippen LogP) is 2.14. The highest BCUT2D eigenvalue weighted by Gasteiger charge is 2.13. The van der Waals surface area contributed by atoms with Crippen molar-refractivity contribution in [3.05, 3.63) is 36.2 Å². The summed E-state index contributed by atoms with van der Waals surface area (Å²) < 4.78 is 5.19. The summed E-state index contributed by atoms with van der Waals surface area (Å²) in [6, 6.07) is 4.97. The van der Waals surface area contributed by atoms with Gasteiger partial charge in [-0.05, 0) is 30.7 Å². The molecule has 0 atom stereocenters. The molecule has 3 aromatic rings. The summed E-state index contributed by atoms with van der Waals surface area (Å²) in [6.07, 6.45) is 3.31. The molecule has 2 heterocycles. The van der Waals surface area contributed by atoms with Crippen LogP contribution in [0.5, 0.6) is 5.75 Å². The molecule has 2 aromatic heterocycles. The molecule has 3 rings (SSSR count). The average Bonchev–Trinajstić information content (AvgIpc) is 2.99. The minimum Gasteiger partial charge on any atom is -0.508 e. The number of nitrogens with zero attached hydrogens (tertiary/aromatic N) is 3. The molecule has 0 amide bonds. The summed E-state index contributed by atoms with van der Waals surface area (Å²) in [4.78, 5) is 11.2. The van der Waals surface area contributed by atoms with Crippen molar-refractivity contribution in [2.75, 3.05) is 0 Å². The van der Waals surface area contributed by atoms with E-state index in [1.165, 1.54) is 0 Å². The molecule has 0 aliphatic rings. The van der Waals surface area contributed by atoms with Crippen LogP contribution in [0.15, 0.2) is 35.1 Å². The Bertz CT molecular complexity index is 673. The Morgan fingerprint density at radius 3 is 2.94 bits per heavy atom. The number of hydrogen-bond donors (Lipinski definition) is 2. The highest BCUT2D eigenvalue weighted by molar-refractivity contribution is 5.61. The van der Waals surface area contributed by atoms with Gasteiger partial charge in [0.1, 0.15) is 5.75 Å². The average molecular weight is 242 g/mol. The first-order chi connectivity index (χ1) is 8.74. The summed E-state index contributed by atoms with van der Waals surface area (Å²) in [5, 5.41) is 13.2. The van der Waals surface area contributed by atoms with E-state index in [9.17, 15) is 5.11 Å². The number of phenols is 1. The maximum Gasteiger partial charge on any atom is 0.258 e. The first-order valence-corrected chi connectivity index (χ1v) is 5.37. The van der Waals surface area contributed by atoms with Gasteiger partial charge >= 0.3 is 0 Å². The van der Waals surface area contributed by atoms with Gasteiger partial charge in [0, 0.05) is 18.0 Å². The van der Waals surface area contributed by atoms with Gasteiger partial charge in [-0.25, -0.2) is 4.98 Å². The topological polar surface area (TPSA) is 87.8 Å². The summed E-state index contributed by atoms with van der Waals surface area (Å²) >= 11 is 0. The van der Waals surface area contributed by atoms with E-state index in [4.69, 9.17) is 4.52 Å². The van der Waals surface area contributed by atoms with Gasteiger partial charge in [0.25, 0.3) is 5.89 Å². The SMILES string of the molecule is Cc1cc(O)ccc1-c1nc(-c2ncc[nH]2)no1. The zero-order valence-electron chi connectivity index (χ0n) is 9.58. The van der Waals surface area contributed by atoms with Crippen molar-refractivity contribution in [3.8, 4) is 28.9 Å². The van der Waals surface area contributed by atoms with Crippen molar-refractivity contribution < 1.29 is 9.63 Å². The largest absolute Gasteiger partial charge is 0.508 e. The Morgan fingerprint density at radius 1 is 1.33 bits per heavy atom. The van der Waals surface area contributed by atoms with Crippen LogP contribution < -0.4 is 0 Å². The first kappa shape index (κ1) is 10.5. The number of H-pyrrole nitrogens is 1. The van der Waals surface area contributed by atoms with Crippen LogP contribution in [0.1, 0.15) is 5.56 Å². The van der Waals surface area contributed by atoms with Crippen molar-refractivity contribution in [1.29, 1.82) is 0 Å². The number of nitrogens with one attached hydrogen (secondary N) is 1. The number of aryl methyl sites for hydroxylation is 1. The van der Waals surface area contributed by atoms with E-state index in [1.807, 2.05) is 6.92 Å². The maximum atomic E-state index is 9.36. The number of imidazole rings is 1. The molecule has 0 saturated heterocycles. The van der Waals surface area contributed by atoms with E-state index in [-0.39, 0.29) is 5.75 Å². The van der Waals surface area contributed by atoms with Gasteiger partial charge < -0.3 is 14.6 Å². The number of aromatic nitrogens is 4. The fourth-order valence-electron chi connectivity index (χ4n) is 1.70. The van der Waals surface area contributed by atoms with Gasteiger partial charge in [-0.2, -0.15) is 4.98 Å². The van der Waals surface area contributed by atoms with Gasteiger partial charge in [0.2, 0.25) is 5.82 Å². The number of phenolic OH excluding ortho intramolecular Hbond substituents is 1. The summed E-state index contributed by atoms with van der Waals surface area (Å²) in [5.41, 5.74) is 1.66. The van der Waals surface area contributed by atoms with Crippen LogP contribution in [-0.4, -0.2) is 25.2 Å². The molecule has 0 spiro atoms. The van der Waals surface area contributed by atoms with Crippen molar-refractivity contribution in [2.45, 2.75) is 6.92 Å². The molecule has 0 aliphatic carbocycles. The maximum absolute atomic E-state index is 9.36. The van der Waals surface area contributed by atoms with Gasteiger partial charge in [-0.3, -0.25) is 0 Å². The molecular weight excluding hydrogens is 232 g/mol. The van der Waals surface area contributed by atoms with Crippen LogP contribution in [0.2, 0.25) is 0 Å². The Balaban J connectivity index is 2.03. The van der Waals surface area contributed by atoms with E-state index in [1.54, 1.807) is 30.6 Å². The van der Waals surface area contributed by atoms with Crippen LogP contribution in [0.3, 0.4) is 0 Å². The van der Waals surface area contributed by atoms with Crippen molar-refractivity contribution in [2.24, 2.45) is 0 Å². The van der Waals surface area contributed by atoms with Gasteiger partial charge in [0.05, 0.1) is 0 Å². The highest BCUT2D eigenvalue weighted by Crippen LogP contribution is 2.26. The molecule has 2 N–H and O–H groups in total. The Kier molecular flexibility index (Phi) is 2.33. The molecule has 0 bridgehead atoms. The standard InChI is InChI=1S/C12H10N4O2/c1-7-6-8(17)2-3-9(7)12-15-11(16-18-12)10-13-4-5-14-10/h2-6,17H,1H3,(H,13,14). The Morgan fingerprint density at radius 2 is 2.22 bits per heavy atom. The van der Waals surface area contributed by atoms with E-state index < -0.39 is 0 Å². The first-order valence-electron chi connectivity index (χ1n) is 5.37. The summed E-state index contributed by atoms with van der Waals surface area (Å²) in [7, 11) is 0. The molecule has 0 aliphatic heterocycles. The molecule has 0 radical (unpaired) electrons. The second-order valence-electron chi connectivity index (χ2n) is 3.86. The lowest BCUT2D eigenvalue weighted by molar-refractivity contribution is 0.431. The highest BCUT2D eigenvalue weighted by atomic mass is 16.5. The Labute approximate surface area is 102 Å². The Hall–Kier alpha value is -2.63. The molecule has 18 heavy (non-hydrogen) atoms. The lowest BCUT2D eigenvalue weighted by Gasteiger charge is -2.00. The normalized spacial score (nSPS) is 10.7. The minimum atomic E-state index is 0.210. The minimum absolute atomic E-state index is 0.210. The second-order valence-corrected chi connectivity index (χ2v) is 3.86. The molecule has 0 saturated carbocycles. The van der Waals surface area contributed by atoms with E-state index in [2.05, 4.69) is 20.1 Å². The molecule has 6 heteroatoms. The number of benzene rings is 1. The number of aromatic amines is 1. The van der Waals surface area contributed by atoms with Crippen LogP contribution in [-0.2, 0) is 0 Å². The van der Waals surface area contributed by atoms with E-state index in [0.717, 1.165) is 11.1 Å². The van der Waals surface area contributed by atoms with Crippen LogP contribution in [0.25, 0.3) is 23.1 Å². The molecular formula is C12H10N4O2. The monoisotopic (exact) mass is 242 g/mol. The van der Waals surface area contributed by atoms with E-state index >= 15 is 0 Å². The molecule has 6 nitrogen and oxygen atoms in total. The fraction of sp³-hybridized carbons (Fsp3) is 0.0833. The van der Waals surface area contributed by atoms with Crippen LogP contribution in [0.4, 0.5) is 0 Å². The van der Waals surface area contributed by atoms with Crippen molar-refractivity contribution in [3.63, 3.8) is 0 Å². The number of rotatable bonds is 2. The van der Waals surface area contributed by atoms with Crippen molar-refractivity contribution in [1.82, 2.24) is 20.1 Å².